The summed E-state index contributed by atoms with van der Waals surface area (Å²) in [5, 5.41) is 3.01. The van der Waals surface area contributed by atoms with Crippen molar-refractivity contribution in [2.24, 2.45) is 5.92 Å². The lowest BCUT2D eigenvalue weighted by atomic mass is 9.83. The van der Waals surface area contributed by atoms with Crippen molar-refractivity contribution < 1.29 is 33.3 Å². The molecule has 0 radical (unpaired) electrons. The summed E-state index contributed by atoms with van der Waals surface area (Å²) in [6.45, 7) is 0. The summed E-state index contributed by atoms with van der Waals surface area (Å²) < 4.78 is 26.9. The number of benzene rings is 3. The SMILES string of the molecule is COc1ccc(N2C(=O)CC[C@@H](C(=O)Nc3ccc(OC)c(OC)c3)[C@@H]2c2ccc(OC)c(OC)c2)cc1. The summed E-state index contributed by atoms with van der Waals surface area (Å²) in [5.74, 6) is 1.94. The van der Waals surface area contributed by atoms with Crippen LogP contribution in [-0.4, -0.2) is 47.4 Å². The predicted octanol–water partition coefficient (Wildman–Crippen LogP) is 4.85. The predicted molar refractivity (Wildman–Crippen MR) is 144 cm³/mol. The van der Waals surface area contributed by atoms with Crippen LogP contribution in [-0.2, 0) is 9.59 Å². The van der Waals surface area contributed by atoms with Gasteiger partial charge in [-0.1, -0.05) is 6.07 Å². The molecule has 2 amide bonds. The first-order valence-corrected chi connectivity index (χ1v) is 12.1. The molecule has 1 saturated heterocycles. The van der Waals surface area contributed by atoms with E-state index >= 15 is 0 Å². The number of carbonyl (C=O) groups is 2. The van der Waals surface area contributed by atoms with Gasteiger partial charge in [0.25, 0.3) is 0 Å². The highest BCUT2D eigenvalue weighted by molar-refractivity contribution is 6.00. The summed E-state index contributed by atoms with van der Waals surface area (Å²) >= 11 is 0. The molecule has 0 spiro atoms. The fourth-order valence-corrected chi connectivity index (χ4v) is 4.78. The molecule has 1 fully saturated rings. The van der Waals surface area contributed by atoms with Gasteiger partial charge in [0.05, 0.1) is 47.5 Å². The van der Waals surface area contributed by atoms with Crippen LogP contribution in [0.5, 0.6) is 28.7 Å². The molecule has 1 heterocycles. The van der Waals surface area contributed by atoms with Crippen molar-refractivity contribution in [2.75, 3.05) is 45.8 Å². The topological polar surface area (TPSA) is 95.6 Å². The largest absolute Gasteiger partial charge is 0.497 e. The molecule has 3 aromatic carbocycles. The van der Waals surface area contributed by atoms with Gasteiger partial charge in [-0.15, -0.1) is 0 Å². The van der Waals surface area contributed by atoms with Crippen LogP contribution >= 0.6 is 0 Å². The third-order valence-electron chi connectivity index (χ3n) is 6.68. The van der Waals surface area contributed by atoms with Crippen molar-refractivity contribution in [1.29, 1.82) is 0 Å². The average Bonchev–Trinajstić information content (AvgIpc) is 2.96. The Balaban J connectivity index is 1.76. The summed E-state index contributed by atoms with van der Waals surface area (Å²) in [4.78, 5) is 28.8. The summed E-state index contributed by atoms with van der Waals surface area (Å²) in [6.07, 6.45) is 0.601. The van der Waals surface area contributed by atoms with Crippen LogP contribution in [0.25, 0.3) is 0 Å². The van der Waals surface area contributed by atoms with Gasteiger partial charge in [-0.2, -0.15) is 0 Å². The number of methoxy groups -OCH3 is 5. The molecule has 0 bridgehead atoms. The van der Waals surface area contributed by atoms with E-state index < -0.39 is 12.0 Å². The fourth-order valence-electron chi connectivity index (χ4n) is 4.78. The van der Waals surface area contributed by atoms with Crippen LogP contribution in [0, 0.1) is 5.92 Å². The molecule has 0 aromatic heterocycles. The van der Waals surface area contributed by atoms with E-state index in [1.54, 1.807) is 69.7 Å². The van der Waals surface area contributed by atoms with E-state index in [-0.39, 0.29) is 18.2 Å². The Labute approximate surface area is 222 Å². The normalized spacial score (nSPS) is 17.0. The highest BCUT2D eigenvalue weighted by atomic mass is 16.5. The van der Waals surface area contributed by atoms with E-state index in [0.717, 1.165) is 5.56 Å². The van der Waals surface area contributed by atoms with E-state index in [1.807, 2.05) is 24.3 Å². The van der Waals surface area contributed by atoms with Crippen molar-refractivity contribution in [3.05, 3.63) is 66.2 Å². The maximum Gasteiger partial charge on any atom is 0.229 e. The van der Waals surface area contributed by atoms with Crippen molar-refractivity contribution in [2.45, 2.75) is 18.9 Å². The third kappa shape index (κ3) is 5.32. The zero-order chi connectivity index (χ0) is 27.2. The van der Waals surface area contributed by atoms with Crippen LogP contribution < -0.4 is 33.9 Å². The minimum absolute atomic E-state index is 0.0786. The van der Waals surface area contributed by atoms with Gasteiger partial charge >= 0.3 is 0 Å². The minimum atomic E-state index is -0.593. The van der Waals surface area contributed by atoms with Gasteiger partial charge in [-0.25, -0.2) is 0 Å². The van der Waals surface area contributed by atoms with Gasteiger partial charge < -0.3 is 33.9 Å². The lowest BCUT2D eigenvalue weighted by Gasteiger charge is -2.41. The zero-order valence-corrected chi connectivity index (χ0v) is 22.1. The smallest absolute Gasteiger partial charge is 0.229 e. The summed E-state index contributed by atoms with van der Waals surface area (Å²) in [6, 6.07) is 17.3. The van der Waals surface area contributed by atoms with Crippen LogP contribution in [0.3, 0.4) is 0 Å². The highest BCUT2D eigenvalue weighted by Gasteiger charge is 2.42. The molecule has 200 valence electrons. The molecule has 1 N–H and O–H groups in total. The monoisotopic (exact) mass is 520 g/mol. The molecular weight excluding hydrogens is 488 g/mol. The molecule has 38 heavy (non-hydrogen) atoms. The standard InChI is InChI=1S/C29H32N2O7/c1-34-21-10-8-20(9-11-21)31-27(32)15-12-22(28(31)18-6-13-23(35-2)25(16-18)37-4)29(33)30-19-7-14-24(36-3)26(17-19)38-5/h6-11,13-14,16-17,22,28H,12,15H2,1-5H3,(H,30,33)/t22-,28+/m1/s1. The first kappa shape index (κ1) is 26.7. The van der Waals surface area contributed by atoms with E-state index in [4.69, 9.17) is 23.7 Å². The Morgan fingerprint density at radius 2 is 1.37 bits per heavy atom. The number of piperidine rings is 1. The van der Waals surface area contributed by atoms with Crippen LogP contribution in [0.15, 0.2) is 60.7 Å². The van der Waals surface area contributed by atoms with Crippen molar-refractivity contribution >= 4 is 23.2 Å². The number of hydrogen-bond acceptors (Lipinski definition) is 7. The van der Waals surface area contributed by atoms with Crippen LogP contribution in [0.2, 0.25) is 0 Å². The maximum absolute atomic E-state index is 13.8. The Morgan fingerprint density at radius 1 is 0.763 bits per heavy atom. The summed E-state index contributed by atoms with van der Waals surface area (Å²) in [5.41, 5.74) is 1.98. The Hall–Kier alpha value is -4.40. The van der Waals surface area contributed by atoms with Gasteiger partial charge in [0.1, 0.15) is 5.75 Å². The van der Waals surface area contributed by atoms with E-state index in [9.17, 15) is 9.59 Å². The molecule has 4 rings (SSSR count). The van der Waals surface area contributed by atoms with Gasteiger partial charge in [0, 0.05) is 23.9 Å². The summed E-state index contributed by atoms with van der Waals surface area (Å²) in [7, 11) is 7.79. The van der Waals surface area contributed by atoms with E-state index in [1.165, 1.54) is 7.11 Å². The molecule has 0 aliphatic carbocycles. The van der Waals surface area contributed by atoms with Gasteiger partial charge in [0.2, 0.25) is 11.8 Å². The zero-order valence-electron chi connectivity index (χ0n) is 22.1. The molecule has 1 aliphatic rings. The second-order valence-corrected chi connectivity index (χ2v) is 8.73. The average molecular weight is 521 g/mol. The lowest BCUT2D eigenvalue weighted by Crippen LogP contribution is -2.47. The highest BCUT2D eigenvalue weighted by Crippen LogP contribution is 2.43. The second-order valence-electron chi connectivity index (χ2n) is 8.73. The number of carbonyl (C=O) groups excluding carboxylic acids is 2. The number of hydrogen-bond donors (Lipinski definition) is 1. The van der Waals surface area contributed by atoms with E-state index in [0.29, 0.717) is 46.5 Å². The second kappa shape index (κ2) is 11.8. The Morgan fingerprint density at radius 3 is 1.97 bits per heavy atom. The lowest BCUT2D eigenvalue weighted by molar-refractivity contribution is -0.125. The number of ether oxygens (including phenoxy) is 5. The number of nitrogens with one attached hydrogen (secondary N) is 1. The van der Waals surface area contributed by atoms with Crippen molar-refractivity contribution in [1.82, 2.24) is 0 Å². The molecule has 2 atom stereocenters. The van der Waals surface area contributed by atoms with Gasteiger partial charge in [0.15, 0.2) is 23.0 Å². The maximum atomic E-state index is 13.8. The number of amides is 2. The van der Waals surface area contributed by atoms with Crippen LogP contribution in [0.4, 0.5) is 11.4 Å². The number of anilines is 2. The Bertz CT molecular complexity index is 1290. The molecule has 0 saturated carbocycles. The molecule has 3 aromatic rings. The fraction of sp³-hybridized carbons (Fsp3) is 0.310. The molecule has 0 unspecified atom stereocenters. The molecule has 9 heteroatoms. The Kier molecular flexibility index (Phi) is 8.25. The quantitative estimate of drug-likeness (QED) is 0.431. The first-order valence-electron chi connectivity index (χ1n) is 12.1. The van der Waals surface area contributed by atoms with Crippen molar-refractivity contribution in [3.63, 3.8) is 0 Å². The molecule has 9 nitrogen and oxygen atoms in total. The molecular formula is C29H32N2O7. The first-order chi connectivity index (χ1) is 18.4. The number of rotatable bonds is 9. The van der Waals surface area contributed by atoms with Crippen molar-refractivity contribution in [3.8, 4) is 28.7 Å². The van der Waals surface area contributed by atoms with E-state index in [2.05, 4.69) is 5.32 Å². The number of nitrogens with zero attached hydrogens (tertiary/aromatic N) is 1. The molecule has 1 aliphatic heterocycles. The minimum Gasteiger partial charge on any atom is -0.497 e. The van der Waals surface area contributed by atoms with Crippen LogP contribution in [0.1, 0.15) is 24.4 Å². The van der Waals surface area contributed by atoms with Gasteiger partial charge in [-0.3, -0.25) is 9.59 Å². The van der Waals surface area contributed by atoms with Gasteiger partial charge in [-0.05, 0) is 60.5 Å². The third-order valence-corrected chi connectivity index (χ3v) is 6.68.